The van der Waals surface area contributed by atoms with E-state index in [1.54, 1.807) is 0 Å². The molecule has 3 heteroatoms. The van der Waals surface area contributed by atoms with Gasteiger partial charge in [0.25, 0.3) is 0 Å². The zero-order valence-corrected chi connectivity index (χ0v) is 16.1. The smallest absolute Gasteiger partial charge is 0.411 e. The molecule has 0 amide bonds. The Hall–Kier alpha value is -0.795. The molecule has 0 radical (unpaired) electrons. The summed E-state index contributed by atoms with van der Waals surface area (Å²) >= 11 is 0. The van der Waals surface area contributed by atoms with E-state index in [0.717, 1.165) is 58.1 Å². The van der Waals surface area contributed by atoms with Crippen LogP contribution in [0.5, 0.6) is 0 Å². The third kappa shape index (κ3) is 15.9. The van der Waals surface area contributed by atoms with Gasteiger partial charge in [0.2, 0.25) is 0 Å². The molecule has 132 valence electrons. The number of hydrogen-bond donors (Lipinski definition) is 0. The third-order valence-electron chi connectivity index (χ3n) is 3.54. The molecule has 0 saturated heterocycles. The van der Waals surface area contributed by atoms with Gasteiger partial charge in [-0.2, -0.15) is 0 Å². The molecule has 0 atom stereocenters. The fraction of sp³-hybridized carbons (Fsp3) is 0.700. The van der Waals surface area contributed by atoms with Crippen LogP contribution in [0.2, 0.25) is 6.32 Å². The van der Waals surface area contributed by atoms with Crippen molar-refractivity contribution in [2.45, 2.75) is 79.5 Å². The van der Waals surface area contributed by atoms with Crippen molar-refractivity contribution in [1.29, 1.82) is 0 Å². The van der Waals surface area contributed by atoms with E-state index in [4.69, 9.17) is 9.31 Å². The summed E-state index contributed by atoms with van der Waals surface area (Å²) in [5.74, 6) is 0. The summed E-state index contributed by atoms with van der Waals surface area (Å²) in [4.78, 5) is 0. The van der Waals surface area contributed by atoms with Crippen LogP contribution in [0.4, 0.5) is 0 Å². The minimum Gasteiger partial charge on any atom is -0.411 e. The molecule has 0 bridgehead atoms. The van der Waals surface area contributed by atoms with Crippen LogP contribution in [0.1, 0.15) is 73.1 Å². The molecule has 0 aliphatic rings. The van der Waals surface area contributed by atoms with E-state index in [2.05, 4.69) is 58.9 Å². The molecule has 0 heterocycles. The van der Waals surface area contributed by atoms with Gasteiger partial charge in [0, 0.05) is 19.5 Å². The second-order valence-corrected chi connectivity index (χ2v) is 6.38. The van der Waals surface area contributed by atoms with Crippen molar-refractivity contribution in [3.05, 3.63) is 35.5 Å². The first-order valence-electron chi connectivity index (χ1n) is 9.29. The highest BCUT2D eigenvalue weighted by molar-refractivity contribution is 6.45. The normalized spacial score (nSPS) is 12.0. The molecule has 0 aromatic heterocycles. The fourth-order valence-corrected chi connectivity index (χ4v) is 2.00. The lowest BCUT2D eigenvalue weighted by Crippen LogP contribution is -2.23. The van der Waals surface area contributed by atoms with Crippen LogP contribution in [0.3, 0.4) is 0 Å². The lowest BCUT2D eigenvalue weighted by atomic mass is 9.84. The van der Waals surface area contributed by atoms with E-state index in [9.17, 15) is 0 Å². The summed E-state index contributed by atoms with van der Waals surface area (Å²) in [5.41, 5.74) is 2.80. The Bertz CT molecular complexity index is 345. The van der Waals surface area contributed by atoms with Gasteiger partial charge >= 0.3 is 7.12 Å². The molecular formula is C20H37BO2. The first-order valence-corrected chi connectivity index (χ1v) is 9.29. The van der Waals surface area contributed by atoms with E-state index >= 15 is 0 Å². The number of allylic oxidation sites excluding steroid dienone is 6. The van der Waals surface area contributed by atoms with Crippen LogP contribution in [-0.2, 0) is 9.31 Å². The molecular weight excluding hydrogens is 283 g/mol. The first kappa shape index (κ1) is 22.2. The Labute approximate surface area is 145 Å². The van der Waals surface area contributed by atoms with Crippen molar-refractivity contribution in [2.24, 2.45) is 0 Å². The van der Waals surface area contributed by atoms with Crippen LogP contribution in [-0.4, -0.2) is 20.3 Å². The summed E-state index contributed by atoms with van der Waals surface area (Å²) in [5, 5.41) is 0. The lowest BCUT2D eigenvalue weighted by Gasteiger charge is -2.12. The molecule has 0 aromatic rings. The second-order valence-electron chi connectivity index (χ2n) is 6.38. The Kier molecular flexibility index (Phi) is 15.5. The zero-order valence-electron chi connectivity index (χ0n) is 16.1. The number of rotatable bonds is 14. The van der Waals surface area contributed by atoms with Crippen molar-refractivity contribution >= 4 is 7.12 Å². The Morgan fingerprint density at radius 1 is 0.957 bits per heavy atom. The minimum atomic E-state index is -0.0938. The first-order chi connectivity index (χ1) is 11.1. The topological polar surface area (TPSA) is 18.5 Å². The van der Waals surface area contributed by atoms with Gasteiger partial charge in [-0.3, -0.25) is 0 Å². The van der Waals surface area contributed by atoms with E-state index in [1.807, 2.05) is 0 Å². The minimum absolute atomic E-state index is 0.0938. The maximum atomic E-state index is 5.83. The lowest BCUT2D eigenvalue weighted by molar-refractivity contribution is 0.194. The van der Waals surface area contributed by atoms with Gasteiger partial charge in [0.1, 0.15) is 0 Å². The van der Waals surface area contributed by atoms with Crippen molar-refractivity contribution in [1.82, 2.24) is 0 Å². The molecule has 23 heavy (non-hydrogen) atoms. The average molecular weight is 320 g/mol. The summed E-state index contributed by atoms with van der Waals surface area (Å²) in [7, 11) is -0.0938. The highest BCUT2D eigenvalue weighted by Crippen LogP contribution is 2.08. The van der Waals surface area contributed by atoms with Gasteiger partial charge in [-0.25, -0.2) is 0 Å². The van der Waals surface area contributed by atoms with Gasteiger partial charge in [0.15, 0.2) is 0 Å². The Balaban J connectivity index is 4.15. The van der Waals surface area contributed by atoms with Crippen LogP contribution in [0, 0.1) is 0 Å². The van der Waals surface area contributed by atoms with Crippen molar-refractivity contribution in [3.63, 3.8) is 0 Å². The third-order valence-corrected chi connectivity index (χ3v) is 3.54. The largest absolute Gasteiger partial charge is 0.460 e. The monoisotopic (exact) mass is 320 g/mol. The van der Waals surface area contributed by atoms with Crippen molar-refractivity contribution < 1.29 is 9.31 Å². The second kappa shape index (κ2) is 16.1. The standard InChI is InChI=1S/C20H37BO2/c1-6-8-17-22-21(23-18-9-7-2)16-11-10-14-20(5)15-12-13-19(3)4/h10-11,13-14H,6-9,12,15-18H2,1-5H3/b11-10+,20-14+. The molecule has 0 unspecified atom stereocenters. The average Bonchev–Trinajstić information content (AvgIpc) is 2.51. The summed E-state index contributed by atoms with van der Waals surface area (Å²) in [6.45, 7) is 12.4. The van der Waals surface area contributed by atoms with Gasteiger partial charge in [-0.1, -0.05) is 62.1 Å². The van der Waals surface area contributed by atoms with Crippen molar-refractivity contribution in [3.8, 4) is 0 Å². The molecule has 0 aliphatic carbocycles. The number of unbranched alkanes of at least 4 members (excludes halogenated alkanes) is 2. The van der Waals surface area contributed by atoms with Crippen LogP contribution in [0.25, 0.3) is 0 Å². The zero-order chi connectivity index (χ0) is 17.3. The maximum Gasteiger partial charge on any atom is 0.460 e. The van der Waals surface area contributed by atoms with Gasteiger partial charge in [-0.15, -0.1) is 0 Å². The van der Waals surface area contributed by atoms with Crippen LogP contribution < -0.4 is 0 Å². The van der Waals surface area contributed by atoms with Crippen LogP contribution >= 0.6 is 0 Å². The molecule has 0 saturated carbocycles. The van der Waals surface area contributed by atoms with Gasteiger partial charge in [-0.05, 0) is 46.5 Å². The molecule has 0 rings (SSSR count). The van der Waals surface area contributed by atoms with E-state index in [-0.39, 0.29) is 7.12 Å². The Morgan fingerprint density at radius 2 is 1.57 bits per heavy atom. The van der Waals surface area contributed by atoms with Crippen LogP contribution in [0.15, 0.2) is 35.5 Å². The SMILES string of the molecule is CCCCOB(C/C=C/C=C(\C)CCC=C(C)C)OCCCC. The van der Waals surface area contributed by atoms with Crippen molar-refractivity contribution in [2.75, 3.05) is 13.2 Å². The van der Waals surface area contributed by atoms with Gasteiger partial charge < -0.3 is 9.31 Å². The predicted octanol–water partition coefficient (Wildman–Crippen LogP) is 6.36. The highest BCUT2D eigenvalue weighted by atomic mass is 16.6. The predicted molar refractivity (Wildman–Crippen MR) is 104 cm³/mol. The van der Waals surface area contributed by atoms with E-state index < -0.39 is 0 Å². The van der Waals surface area contributed by atoms with E-state index in [0.29, 0.717) is 0 Å². The Morgan fingerprint density at radius 3 is 2.09 bits per heavy atom. The maximum absolute atomic E-state index is 5.83. The van der Waals surface area contributed by atoms with E-state index in [1.165, 1.54) is 11.1 Å². The summed E-state index contributed by atoms with van der Waals surface area (Å²) in [6, 6.07) is 0. The van der Waals surface area contributed by atoms with Gasteiger partial charge in [0.05, 0.1) is 0 Å². The molecule has 2 nitrogen and oxygen atoms in total. The fourth-order valence-electron chi connectivity index (χ4n) is 2.00. The molecule has 0 spiro atoms. The molecule has 0 aliphatic heterocycles. The quantitative estimate of drug-likeness (QED) is 0.160. The molecule has 0 fully saturated rings. The number of hydrogen-bond acceptors (Lipinski definition) is 2. The summed E-state index contributed by atoms with van der Waals surface area (Å²) < 4.78 is 11.7. The highest BCUT2D eigenvalue weighted by Gasteiger charge is 2.15. The summed E-state index contributed by atoms with van der Waals surface area (Å²) in [6.07, 6.45) is 16.4. The molecule has 0 N–H and O–H groups in total. The molecule has 0 aromatic carbocycles.